The number of carbonyl (C=O) groups excluding carboxylic acids is 1. The third-order valence-electron chi connectivity index (χ3n) is 0.330. The van der Waals surface area contributed by atoms with Crippen molar-refractivity contribution in [2.75, 3.05) is 0 Å². The lowest BCUT2D eigenvalue weighted by atomic mass is 10.8. The summed E-state index contributed by atoms with van der Waals surface area (Å²) in [6.07, 6.45) is 0. The average Bonchev–Trinajstić information content (AvgIpc) is 1.21. The minimum atomic E-state index is -0.821. The molecule has 0 radical (unpaired) electrons. The van der Waals surface area contributed by atoms with Crippen molar-refractivity contribution in [1.82, 2.24) is 0 Å². The smallest absolute Gasteiger partial charge is 0.304 e. The number of halogens is 1. The molecule has 1 unspecified atom stereocenters. The van der Waals surface area contributed by atoms with E-state index >= 15 is 0 Å². The molecule has 0 rings (SSSR count). The molecule has 48 valence electrons. The zero-order valence-electron chi connectivity index (χ0n) is 4.64. The van der Waals surface area contributed by atoms with Crippen molar-refractivity contribution >= 4 is 34.5 Å². The van der Waals surface area contributed by atoms with Crippen LogP contribution in [-0.4, -0.2) is 9.81 Å². The predicted octanol–water partition coefficient (Wildman–Crippen LogP) is 1.55. The van der Waals surface area contributed by atoms with Gasteiger partial charge in [0.15, 0.2) is 0 Å². The van der Waals surface area contributed by atoms with Crippen molar-refractivity contribution in [3.63, 3.8) is 0 Å². The Morgan fingerprint density at radius 2 is 2.25 bits per heavy atom. The number of esters is 1. The van der Waals surface area contributed by atoms with Crippen molar-refractivity contribution in [3.05, 3.63) is 0 Å². The second-order valence-corrected chi connectivity index (χ2v) is 4.44. The normalized spacial score (nSPS) is 17.0. The highest BCUT2D eigenvalue weighted by atomic mass is 79.9. The maximum absolute atomic E-state index is 10.2. The third-order valence-corrected chi connectivity index (χ3v) is 0.583. The summed E-state index contributed by atoms with van der Waals surface area (Å²) in [5.74, 6) is -0.348. The Kier molecular flexibility index (Phi) is 2.83. The Labute approximate surface area is 62.1 Å². The van der Waals surface area contributed by atoms with Gasteiger partial charge in [-0.3, -0.25) is 4.79 Å². The lowest BCUT2D eigenvalue weighted by molar-refractivity contribution is -0.142. The number of ether oxygens (including phenoxy) is 1. The summed E-state index contributed by atoms with van der Waals surface area (Å²) in [6, 6.07) is 0. The van der Waals surface area contributed by atoms with Gasteiger partial charge in [0.25, 0.3) is 0 Å². The number of hydrogen-bond donors (Lipinski definition) is 1. The van der Waals surface area contributed by atoms with E-state index in [9.17, 15) is 4.79 Å². The van der Waals surface area contributed by atoms with E-state index in [0.717, 1.165) is 0 Å². The Morgan fingerprint density at radius 3 is 2.25 bits per heavy atom. The number of thiol groups is 1. The molecule has 0 aromatic heterocycles. The maximum atomic E-state index is 10.2. The van der Waals surface area contributed by atoms with Crippen molar-refractivity contribution < 1.29 is 9.53 Å². The van der Waals surface area contributed by atoms with Gasteiger partial charge in [0.05, 0.1) is 0 Å². The van der Waals surface area contributed by atoms with Gasteiger partial charge in [-0.2, -0.15) is 0 Å². The Hall–Kier alpha value is 0.300. The van der Waals surface area contributed by atoms with Gasteiger partial charge in [-0.15, -0.1) is 12.6 Å². The Morgan fingerprint density at radius 1 is 1.88 bits per heavy atom. The molecule has 2 nitrogen and oxygen atoms in total. The van der Waals surface area contributed by atoms with E-state index in [1.807, 2.05) is 0 Å². The van der Waals surface area contributed by atoms with Crippen molar-refractivity contribution in [1.29, 1.82) is 0 Å². The molecule has 0 saturated carbocycles. The van der Waals surface area contributed by atoms with Crippen LogP contribution in [0.25, 0.3) is 0 Å². The van der Waals surface area contributed by atoms with Crippen LogP contribution in [0.1, 0.15) is 13.8 Å². The molecule has 0 saturated heterocycles. The molecule has 8 heavy (non-hydrogen) atoms. The summed E-state index contributed by atoms with van der Waals surface area (Å²) in [5, 5.41) is 0. The summed E-state index contributed by atoms with van der Waals surface area (Å²) < 4.78 is 3.76. The van der Waals surface area contributed by atoms with Gasteiger partial charge in [-0.25, -0.2) is 0 Å². The quantitative estimate of drug-likeness (QED) is 0.300. The topological polar surface area (TPSA) is 26.3 Å². The molecule has 4 heteroatoms. The fourth-order valence-corrected chi connectivity index (χ4v) is 0.619. The second kappa shape index (κ2) is 2.73. The number of carbonyl (C=O) groups is 1. The van der Waals surface area contributed by atoms with Gasteiger partial charge < -0.3 is 4.74 Å². The van der Waals surface area contributed by atoms with Crippen LogP contribution in [0.4, 0.5) is 0 Å². The molecule has 1 atom stereocenters. The monoisotopic (exact) mass is 198 g/mol. The summed E-state index contributed by atoms with van der Waals surface area (Å²) >= 11 is 6.87. The van der Waals surface area contributed by atoms with E-state index in [-0.39, 0.29) is 5.97 Å². The first-order valence-electron chi connectivity index (χ1n) is 2.02. The van der Waals surface area contributed by atoms with E-state index in [0.29, 0.717) is 0 Å². The summed E-state index contributed by atoms with van der Waals surface area (Å²) in [5.41, 5.74) is 0. The predicted molar refractivity (Wildman–Crippen MR) is 38.1 cm³/mol. The molecule has 0 aliphatic carbocycles. The fourth-order valence-electron chi connectivity index (χ4n) is 0.262. The molecule has 0 spiro atoms. The summed E-state index contributed by atoms with van der Waals surface area (Å²) in [6.45, 7) is 2.95. The highest BCUT2D eigenvalue weighted by molar-refractivity contribution is 9.11. The molecule has 0 N–H and O–H groups in total. The molecule has 0 bridgehead atoms. The molecule has 0 heterocycles. The average molecular weight is 199 g/mol. The highest BCUT2D eigenvalue weighted by Gasteiger charge is 2.15. The van der Waals surface area contributed by atoms with Gasteiger partial charge in [0.1, 0.15) is 0 Å². The van der Waals surface area contributed by atoms with Crippen LogP contribution in [0.15, 0.2) is 0 Å². The zero-order valence-corrected chi connectivity index (χ0v) is 7.12. The van der Waals surface area contributed by atoms with E-state index in [1.165, 1.54) is 6.92 Å². The standard InChI is InChI=1S/C4H7BrO2S/c1-3(6)7-4(2,5)8/h8H,1-2H3. The molecule has 0 amide bonds. The van der Waals surface area contributed by atoms with Gasteiger partial charge in [0.2, 0.25) is 3.84 Å². The second-order valence-electron chi connectivity index (χ2n) is 1.46. The molecule has 0 aromatic carbocycles. The van der Waals surface area contributed by atoms with E-state index < -0.39 is 3.84 Å². The Balaban J connectivity index is 3.55. The van der Waals surface area contributed by atoms with Crippen LogP contribution in [0, 0.1) is 0 Å². The Bertz CT molecular complexity index is 96.7. The number of rotatable bonds is 1. The van der Waals surface area contributed by atoms with Crippen molar-refractivity contribution in [2.45, 2.75) is 17.7 Å². The number of hydrogen-bond acceptors (Lipinski definition) is 3. The van der Waals surface area contributed by atoms with E-state index in [1.54, 1.807) is 6.92 Å². The molecular formula is C4H7BrO2S. The van der Waals surface area contributed by atoms with Crippen LogP contribution in [0.3, 0.4) is 0 Å². The first-order valence-corrected chi connectivity index (χ1v) is 3.27. The first kappa shape index (κ1) is 8.30. The van der Waals surface area contributed by atoms with Crippen LogP contribution in [0.5, 0.6) is 0 Å². The van der Waals surface area contributed by atoms with Gasteiger partial charge in [0, 0.05) is 6.92 Å². The van der Waals surface area contributed by atoms with Crippen LogP contribution < -0.4 is 0 Å². The van der Waals surface area contributed by atoms with E-state index in [2.05, 4.69) is 33.3 Å². The molecule has 0 aromatic rings. The third kappa shape index (κ3) is 6.30. The first-order chi connectivity index (χ1) is 3.42. The largest absolute Gasteiger partial charge is 0.438 e. The number of alkyl halides is 1. The fraction of sp³-hybridized carbons (Fsp3) is 0.750. The lowest BCUT2D eigenvalue weighted by Crippen LogP contribution is -2.14. The maximum Gasteiger partial charge on any atom is 0.304 e. The molecule has 0 aliphatic heterocycles. The van der Waals surface area contributed by atoms with Gasteiger partial charge in [-0.1, -0.05) is 0 Å². The lowest BCUT2D eigenvalue weighted by Gasteiger charge is -2.13. The molecule has 0 fully saturated rings. The minimum Gasteiger partial charge on any atom is -0.438 e. The van der Waals surface area contributed by atoms with Crippen LogP contribution in [-0.2, 0) is 9.53 Å². The SMILES string of the molecule is CC(=O)OC(C)(S)Br. The minimum absolute atomic E-state index is 0.348. The van der Waals surface area contributed by atoms with Crippen LogP contribution >= 0.6 is 28.6 Å². The van der Waals surface area contributed by atoms with E-state index in [4.69, 9.17) is 0 Å². The van der Waals surface area contributed by atoms with Crippen LogP contribution in [0.2, 0.25) is 0 Å². The molecule has 0 aliphatic rings. The van der Waals surface area contributed by atoms with Gasteiger partial charge >= 0.3 is 5.97 Å². The summed E-state index contributed by atoms with van der Waals surface area (Å²) in [4.78, 5) is 10.2. The zero-order chi connectivity index (χ0) is 6.78. The van der Waals surface area contributed by atoms with Crippen molar-refractivity contribution in [2.24, 2.45) is 0 Å². The summed E-state index contributed by atoms with van der Waals surface area (Å²) in [7, 11) is 0. The highest BCUT2D eigenvalue weighted by Crippen LogP contribution is 2.22. The molecular weight excluding hydrogens is 192 g/mol. The van der Waals surface area contributed by atoms with Crippen molar-refractivity contribution in [3.8, 4) is 0 Å². The van der Waals surface area contributed by atoms with Gasteiger partial charge in [-0.05, 0) is 22.9 Å².